The van der Waals surface area contributed by atoms with Crippen LogP contribution >= 0.6 is 0 Å². The van der Waals surface area contributed by atoms with Crippen LogP contribution in [0.15, 0.2) is 42.7 Å². The third-order valence-electron chi connectivity index (χ3n) is 5.98. The highest BCUT2D eigenvalue weighted by molar-refractivity contribution is 5.93. The first-order valence-corrected chi connectivity index (χ1v) is 10.9. The summed E-state index contributed by atoms with van der Waals surface area (Å²) in [6.45, 7) is 6.30. The van der Waals surface area contributed by atoms with E-state index in [2.05, 4.69) is 43.9 Å². The molecule has 1 saturated heterocycles. The van der Waals surface area contributed by atoms with Gasteiger partial charge in [0.1, 0.15) is 17.9 Å². The maximum Gasteiger partial charge on any atom is 0.144 e. The quantitative estimate of drug-likeness (QED) is 0.455. The van der Waals surface area contributed by atoms with Crippen LogP contribution < -0.4 is 9.64 Å². The Kier molecular flexibility index (Phi) is 5.70. The minimum Gasteiger partial charge on any atom is -0.493 e. The normalized spacial score (nSPS) is 16.3. The van der Waals surface area contributed by atoms with Gasteiger partial charge in [0.2, 0.25) is 0 Å². The van der Waals surface area contributed by atoms with Crippen LogP contribution in [0.2, 0.25) is 0 Å². The summed E-state index contributed by atoms with van der Waals surface area (Å²) in [5, 5.41) is 1.02. The van der Waals surface area contributed by atoms with E-state index in [0.717, 1.165) is 86.0 Å². The van der Waals surface area contributed by atoms with Crippen molar-refractivity contribution in [2.45, 2.75) is 12.8 Å². The number of hydrogen-bond donors (Lipinski definition) is 0. The molecule has 3 heterocycles. The molecule has 0 unspecified atom stereocenters. The minimum atomic E-state index is 0.690. The highest BCUT2D eigenvalue weighted by Gasteiger charge is 2.23. The van der Waals surface area contributed by atoms with E-state index in [9.17, 15) is 0 Å². The largest absolute Gasteiger partial charge is 0.493 e. The predicted octanol–water partition coefficient (Wildman–Crippen LogP) is 3.41. The van der Waals surface area contributed by atoms with E-state index in [4.69, 9.17) is 15.9 Å². The van der Waals surface area contributed by atoms with E-state index >= 15 is 0 Å². The molecule has 0 amide bonds. The van der Waals surface area contributed by atoms with Gasteiger partial charge >= 0.3 is 0 Å². The van der Waals surface area contributed by atoms with Crippen LogP contribution in [0.4, 0.5) is 11.5 Å². The lowest BCUT2D eigenvalue weighted by molar-refractivity contribution is 0.0358. The van der Waals surface area contributed by atoms with E-state index in [-0.39, 0.29) is 0 Å². The zero-order valence-electron chi connectivity index (χ0n) is 17.6. The number of nitrogens with zero attached hydrogens (tertiary/aromatic N) is 4. The number of fused-ring (bicyclic) bond motifs is 2. The second-order valence-electron chi connectivity index (χ2n) is 7.92. The molecule has 0 spiro atoms. The first-order chi connectivity index (χ1) is 15.3. The van der Waals surface area contributed by atoms with Gasteiger partial charge in [-0.2, -0.15) is 0 Å². The van der Waals surface area contributed by atoms with Crippen LogP contribution in [0.25, 0.3) is 10.9 Å². The fraction of sp³-hybridized carbons (Fsp3) is 0.360. The van der Waals surface area contributed by atoms with Crippen molar-refractivity contribution in [2.24, 2.45) is 0 Å². The SMILES string of the molecule is C#Cc1ccc2c(c1)N(c1ncnc3cc(OCCCN4CCOCC4)ccc13)CC2. The molecule has 0 saturated carbocycles. The Hall–Kier alpha value is -3.14. The molecule has 2 aliphatic heterocycles. The van der Waals surface area contributed by atoms with Crippen LogP contribution in [-0.4, -0.2) is 60.9 Å². The van der Waals surface area contributed by atoms with Crippen molar-refractivity contribution in [1.82, 2.24) is 14.9 Å². The van der Waals surface area contributed by atoms with Gasteiger partial charge in [-0.1, -0.05) is 12.0 Å². The summed E-state index contributed by atoms with van der Waals surface area (Å²) in [6.07, 6.45) is 9.22. The van der Waals surface area contributed by atoms with Crippen LogP contribution in [0.3, 0.4) is 0 Å². The van der Waals surface area contributed by atoms with Crippen molar-refractivity contribution in [3.8, 4) is 18.1 Å². The maximum atomic E-state index is 6.00. The summed E-state index contributed by atoms with van der Waals surface area (Å²) in [5.74, 6) is 4.49. The van der Waals surface area contributed by atoms with Gasteiger partial charge in [-0.05, 0) is 42.7 Å². The second kappa shape index (κ2) is 8.93. The molecule has 158 valence electrons. The highest BCUT2D eigenvalue weighted by Crippen LogP contribution is 2.37. The summed E-state index contributed by atoms with van der Waals surface area (Å²) in [6, 6.07) is 12.3. The van der Waals surface area contributed by atoms with Crippen LogP contribution in [0.5, 0.6) is 5.75 Å². The van der Waals surface area contributed by atoms with E-state index in [1.165, 1.54) is 5.56 Å². The first kappa shape index (κ1) is 19.8. The fourth-order valence-electron chi connectivity index (χ4n) is 4.32. The lowest BCUT2D eigenvalue weighted by Crippen LogP contribution is -2.37. The Morgan fingerprint density at radius 2 is 1.97 bits per heavy atom. The lowest BCUT2D eigenvalue weighted by atomic mass is 10.1. The van der Waals surface area contributed by atoms with Crippen molar-refractivity contribution in [3.63, 3.8) is 0 Å². The Morgan fingerprint density at radius 3 is 2.84 bits per heavy atom. The Bertz CT molecular complexity index is 1120. The van der Waals surface area contributed by atoms with Crippen LogP contribution in [-0.2, 0) is 11.2 Å². The summed E-state index contributed by atoms with van der Waals surface area (Å²) in [4.78, 5) is 13.8. The number of morpholine rings is 1. The molecule has 6 nitrogen and oxygen atoms in total. The number of hydrogen-bond acceptors (Lipinski definition) is 6. The number of benzene rings is 2. The van der Waals surface area contributed by atoms with E-state index in [1.807, 2.05) is 18.2 Å². The summed E-state index contributed by atoms with van der Waals surface area (Å²) < 4.78 is 11.4. The predicted molar refractivity (Wildman–Crippen MR) is 122 cm³/mol. The van der Waals surface area contributed by atoms with Crippen molar-refractivity contribution in [2.75, 3.05) is 50.9 Å². The molecule has 6 heteroatoms. The smallest absolute Gasteiger partial charge is 0.144 e. The van der Waals surface area contributed by atoms with Crippen LogP contribution in [0, 0.1) is 12.3 Å². The zero-order valence-corrected chi connectivity index (χ0v) is 17.6. The van der Waals surface area contributed by atoms with Gasteiger partial charge in [0.15, 0.2) is 0 Å². The average molecular weight is 415 g/mol. The van der Waals surface area contributed by atoms with Gasteiger partial charge in [0.25, 0.3) is 0 Å². The molecule has 0 aliphatic carbocycles. The number of ether oxygens (including phenoxy) is 2. The van der Waals surface area contributed by atoms with Gasteiger partial charge in [0.05, 0.1) is 25.3 Å². The van der Waals surface area contributed by atoms with Crippen molar-refractivity contribution >= 4 is 22.4 Å². The van der Waals surface area contributed by atoms with E-state index in [0.29, 0.717) is 6.61 Å². The molecule has 5 rings (SSSR count). The van der Waals surface area contributed by atoms with E-state index < -0.39 is 0 Å². The first-order valence-electron chi connectivity index (χ1n) is 10.9. The lowest BCUT2D eigenvalue weighted by Gasteiger charge is -2.26. The second-order valence-corrected chi connectivity index (χ2v) is 7.92. The van der Waals surface area contributed by atoms with Crippen molar-refractivity contribution in [3.05, 3.63) is 53.9 Å². The number of terminal acetylenes is 1. The number of anilines is 2. The molecule has 0 radical (unpaired) electrons. The Balaban J connectivity index is 1.30. The molecule has 3 aromatic rings. The topological polar surface area (TPSA) is 50.7 Å². The molecule has 0 N–H and O–H groups in total. The molecular weight excluding hydrogens is 388 g/mol. The monoisotopic (exact) mass is 414 g/mol. The zero-order chi connectivity index (χ0) is 21.0. The molecule has 1 fully saturated rings. The van der Waals surface area contributed by atoms with Gasteiger partial charge in [-0.15, -0.1) is 6.42 Å². The fourth-order valence-corrected chi connectivity index (χ4v) is 4.32. The minimum absolute atomic E-state index is 0.690. The summed E-state index contributed by atoms with van der Waals surface area (Å²) in [5.41, 5.74) is 4.21. The van der Waals surface area contributed by atoms with Crippen molar-refractivity contribution < 1.29 is 9.47 Å². The van der Waals surface area contributed by atoms with Gasteiger partial charge in [-0.3, -0.25) is 4.90 Å². The molecule has 0 atom stereocenters. The summed E-state index contributed by atoms with van der Waals surface area (Å²) in [7, 11) is 0. The number of rotatable bonds is 6. The Labute approximate surface area is 182 Å². The molecule has 1 aromatic heterocycles. The van der Waals surface area contributed by atoms with Crippen LogP contribution in [0.1, 0.15) is 17.5 Å². The standard InChI is InChI=1S/C25H26N4O2/c1-2-19-4-5-20-8-10-29(24(20)16-19)25-22-7-6-21(17-23(22)26-18-27-25)31-13-3-9-28-11-14-30-15-12-28/h1,4-7,16-18H,3,8-15H2. The highest BCUT2D eigenvalue weighted by atomic mass is 16.5. The number of aromatic nitrogens is 2. The molecular formula is C25H26N4O2. The third kappa shape index (κ3) is 4.20. The van der Waals surface area contributed by atoms with E-state index in [1.54, 1.807) is 6.33 Å². The van der Waals surface area contributed by atoms with Gasteiger partial charge in [-0.25, -0.2) is 9.97 Å². The van der Waals surface area contributed by atoms with Gasteiger partial charge < -0.3 is 14.4 Å². The maximum absolute atomic E-state index is 6.00. The third-order valence-corrected chi connectivity index (χ3v) is 5.98. The Morgan fingerprint density at radius 1 is 1.06 bits per heavy atom. The average Bonchev–Trinajstić information content (AvgIpc) is 3.25. The van der Waals surface area contributed by atoms with Crippen molar-refractivity contribution in [1.29, 1.82) is 0 Å². The molecule has 2 aliphatic rings. The summed E-state index contributed by atoms with van der Waals surface area (Å²) >= 11 is 0. The van der Waals surface area contributed by atoms with Gasteiger partial charge in [0, 0.05) is 48.9 Å². The molecule has 0 bridgehead atoms. The molecule has 31 heavy (non-hydrogen) atoms. The molecule has 2 aromatic carbocycles.